The molecule has 9 heteroatoms. The van der Waals surface area contributed by atoms with E-state index in [0.29, 0.717) is 12.8 Å². The van der Waals surface area contributed by atoms with Crippen LogP contribution in [0.5, 0.6) is 0 Å². The predicted molar refractivity (Wildman–Crippen MR) is 93.3 cm³/mol. The molecule has 1 unspecified atom stereocenters. The van der Waals surface area contributed by atoms with E-state index in [9.17, 15) is 17.6 Å². The van der Waals surface area contributed by atoms with E-state index in [1.54, 1.807) is 32.6 Å². The third-order valence-corrected chi connectivity index (χ3v) is 6.46. The van der Waals surface area contributed by atoms with Gasteiger partial charge in [-0.1, -0.05) is 6.07 Å². The van der Waals surface area contributed by atoms with Gasteiger partial charge in [0.05, 0.1) is 4.90 Å². The van der Waals surface area contributed by atoms with Crippen LogP contribution in [0.3, 0.4) is 0 Å². The molecule has 1 fully saturated rings. The Labute approximate surface area is 152 Å². The number of halogens is 1. The van der Waals surface area contributed by atoms with Crippen LogP contribution >= 0.6 is 0 Å². The van der Waals surface area contributed by atoms with Crippen molar-refractivity contribution in [1.29, 1.82) is 0 Å². The molecule has 7 nitrogen and oxygen atoms in total. The number of likely N-dealkylation sites (N-methyl/N-ethyl adjacent to an activating group) is 1. The van der Waals surface area contributed by atoms with Gasteiger partial charge in [-0.15, -0.1) is 0 Å². The van der Waals surface area contributed by atoms with Crippen LogP contribution in [0.1, 0.15) is 12.8 Å². The molecule has 1 saturated heterocycles. The molecule has 2 heterocycles. The van der Waals surface area contributed by atoms with E-state index in [4.69, 9.17) is 0 Å². The number of amides is 1. The highest BCUT2D eigenvalue weighted by molar-refractivity contribution is 7.89. The SMILES string of the molecule is CN(C)C(=O)C1(n2cccn2)CCCN(S(=O)(=O)c2cccc(F)c2)C1. The molecule has 0 saturated carbocycles. The second-order valence-electron chi connectivity index (χ2n) is 6.58. The Bertz CT molecular complexity index is 898. The number of carbonyl (C=O) groups is 1. The second kappa shape index (κ2) is 6.81. The van der Waals surface area contributed by atoms with Crippen LogP contribution in [0.25, 0.3) is 0 Å². The van der Waals surface area contributed by atoms with Crippen molar-refractivity contribution in [3.05, 3.63) is 48.5 Å². The molecule has 2 aromatic rings. The van der Waals surface area contributed by atoms with Gasteiger partial charge in [0.2, 0.25) is 10.0 Å². The minimum Gasteiger partial charge on any atom is -0.347 e. The molecule has 1 aliphatic rings. The molecular weight excluding hydrogens is 359 g/mol. The lowest BCUT2D eigenvalue weighted by Crippen LogP contribution is -2.59. The lowest BCUT2D eigenvalue weighted by Gasteiger charge is -2.42. The number of hydrogen-bond acceptors (Lipinski definition) is 4. The van der Waals surface area contributed by atoms with Gasteiger partial charge in [-0.05, 0) is 37.1 Å². The van der Waals surface area contributed by atoms with E-state index in [0.717, 1.165) is 6.07 Å². The zero-order valence-corrected chi connectivity index (χ0v) is 15.5. The summed E-state index contributed by atoms with van der Waals surface area (Å²) >= 11 is 0. The molecule has 1 atom stereocenters. The highest BCUT2D eigenvalue weighted by Crippen LogP contribution is 2.33. The zero-order chi connectivity index (χ0) is 18.9. The van der Waals surface area contributed by atoms with Crippen molar-refractivity contribution >= 4 is 15.9 Å². The van der Waals surface area contributed by atoms with Crippen LogP contribution in [-0.2, 0) is 20.4 Å². The van der Waals surface area contributed by atoms with Crippen molar-refractivity contribution < 1.29 is 17.6 Å². The number of benzene rings is 1. The molecular formula is C17H21FN4O3S. The van der Waals surface area contributed by atoms with Gasteiger partial charge in [-0.25, -0.2) is 12.8 Å². The first-order chi connectivity index (χ1) is 12.3. The molecule has 0 bridgehead atoms. The van der Waals surface area contributed by atoms with Crippen LogP contribution in [0, 0.1) is 5.82 Å². The highest BCUT2D eigenvalue weighted by Gasteiger charge is 2.48. The first kappa shape index (κ1) is 18.5. The number of piperidine rings is 1. The van der Waals surface area contributed by atoms with Crippen molar-refractivity contribution in [2.75, 3.05) is 27.2 Å². The number of aromatic nitrogens is 2. The zero-order valence-electron chi connectivity index (χ0n) is 14.7. The number of sulfonamides is 1. The maximum Gasteiger partial charge on any atom is 0.251 e. The number of carbonyl (C=O) groups excluding carboxylic acids is 1. The maximum atomic E-state index is 13.5. The summed E-state index contributed by atoms with van der Waals surface area (Å²) in [5, 5.41) is 4.21. The third-order valence-electron chi connectivity index (χ3n) is 4.62. The van der Waals surface area contributed by atoms with Crippen molar-refractivity contribution in [1.82, 2.24) is 19.0 Å². The number of hydrogen-bond donors (Lipinski definition) is 0. The predicted octanol–water partition coefficient (Wildman–Crippen LogP) is 1.29. The average molecular weight is 380 g/mol. The summed E-state index contributed by atoms with van der Waals surface area (Å²) < 4.78 is 42.3. The van der Waals surface area contributed by atoms with Gasteiger partial charge in [-0.2, -0.15) is 9.40 Å². The van der Waals surface area contributed by atoms with Gasteiger partial charge in [0.25, 0.3) is 5.91 Å². The van der Waals surface area contributed by atoms with E-state index >= 15 is 0 Å². The van der Waals surface area contributed by atoms with Crippen LogP contribution in [0.15, 0.2) is 47.6 Å². The van der Waals surface area contributed by atoms with E-state index in [2.05, 4.69) is 5.10 Å². The van der Waals surface area contributed by atoms with Gasteiger partial charge in [-0.3, -0.25) is 9.48 Å². The summed E-state index contributed by atoms with van der Waals surface area (Å²) in [5.41, 5.74) is -1.12. The summed E-state index contributed by atoms with van der Waals surface area (Å²) in [6, 6.07) is 6.60. The highest BCUT2D eigenvalue weighted by atomic mass is 32.2. The molecule has 0 radical (unpaired) electrons. The Hall–Kier alpha value is -2.26. The van der Waals surface area contributed by atoms with Crippen LogP contribution < -0.4 is 0 Å². The molecule has 0 aliphatic carbocycles. The molecule has 1 aliphatic heterocycles. The minimum atomic E-state index is -3.92. The molecule has 3 rings (SSSR count). The van der Waals surface area contributed by atoms with Gasteiger partial charge in [0.1, 0.15) is 5.82 Å². The average Bonchev–Trinajstić information content (AvgIpc) is 3.16. The molecule has 1 amide bonds. The van der Waals surface area contributed by atoms with Crippen molar-refractivity contribution in [3.8, 4) is 0 Å². The molecule has 1 aromatic heterocycles. The Morgan fingerprint density at radius 1 is 1.31 bits per heavy atom. The lowest BCUT2D eigenvalue weighted by molar-refractivity contribution is -0.141. The second-order valence-corrected chi connectivity index (χ2v) is 8.52. The molecule has 0 spiro atoms. The quantitative estimate of drug-likeness (QED) is 0.801. The van der Waals surface area contributed by atoms with Gasteiger partial charge < -0.3 is 4.90 Å². The van der Waals surface area contributed by atoms with Crippen LogP contribution in [-0.4, -0.2) is 60.5 Å². The minimum absolute atomic E-state index is 0.0511. The molecule has 140 valence electrons. The number of nitrogens with zero attached hydrogens (tertiary/aromatic N) is 4. The summed E-state index contributed by atoms with van der Waals surface area (Å²) in [6.45, 7) is 0.215. The van der Waals surface area contributed by atoms with Crippen molar-refractivity contribution in [2.45, 2.75) is 23.3 Å². The van der Waals surface area contributed by atoms with Crippen molar-refractivity contribution in [3.63, 3.8) is 0 Å². The van der Waals surface area contributed by atoms with E-state index in [1.165, 1.54) is 32.1 Å². The Morgan fingerprint density at radius 3 is 2.69 bits per heavy atom. The van der Waals surface area contributed by atoms with Crippen molar-refractivity contribution in [2.24, 2.45) is 0 Å². The fourth-order valence-electron chi connectivity index (χ4n) is 3.38. The Kier molecular flexibility index (Phi) is 4.85. The van der Waals surface area contributed by atoms with Crippen LogP contribution in [0.4, 0.5) is 4.39 Å². The third kappa shape index (κ3) is 3.12. The van der Waals surface area contributed by atoms with Gasteiger partial charge in [0.15, 0.2) is 5.54 Å². The van der Waals surface area contributed by atoms with E-state index in [1.807, 2.05) is 0 Å². The van der Waals surface area contributed by atoms with E-state index < -0.39 is 21.4 Å². The van der Waals surface area contributed by atoms with Gasteiger partial charge >= 0.3 is 0 Å². The Balaban J connectivity index is 2.02. The summed E-state index contributed by atoms with van der Waals surface area (Å²) in [4.78, 5) is 14.3. The molecule has 1 aromatic carbocycles. The standard InChI is InChI=1S/C17H21FN4O3S/c1-20(2)16(23)17(22-11-5-9-19-22)8-4-10-21(13-17)26(24,25)15-7-3-6-14(18)12-15/h3,5-7,9,11-12H,4,8,10,13H2,1-2H3. The monoisotopic (exact) mass is 380 g/mol. The summed E-state index contributed by atoms with van der Waals surface area (Å²) in [5.74, 6) is -0.842. The van der Waals surface area contributed by atoms with Gasteiger partial charge in [0, 0.05) is 39.6 Å². The van der Waals surface area contributed by atoms with E-state index in [-0.39, 0.29) is 23.9 Å². The summed E-state index contributed by atoms with van der Waals surface area (Å²) in [6.07, 6.45) is 4.19. The molecule has 0 N–H and O–H groups in total. The lowest BCUT2D eigenvalue weighted by atomic mass is 9.88. The largest absolute Gasteiger partial charge is 0.347 e. The smallest absolute Gasteiger partial charge is 0.251 e. The number of rotatable bonds is 4. The fourth-order valence-corrected chi connectivity index (χ4v) is 4.94. The first-order valence-corrected chi connectivity index (χ1v) is 9.69. The normalized spacial score (nSPS) is 21.5. The maximum absolute atomic E-state index is 13.5. The summed E-state index contributed by atoms with van der Waals surface area (Å²) in [7, 11) is -0.659. The first-order valence-electron chi connectivity index (χ1n) is 8.25. The fraction of sp³-hybridized carbons (Fsp3) is 0.412. The Morgan fingerprint density at radius 2 is 2.08 bits per heavy atom. The van der Waals surface area contributed by atoms with Crippen LogP contribution in [0.2, 0.25) is 0 Å². The molecule has 26 heavy (non-hydrogen) atoms. The topological polar surface area (TPSA) is 75.5 Å².